The van der Waals surface area contributed by atoms with Gasteiger partial charge in [-0.2, -0.15) is 0 Å². The minimum atomic E-state index is 0.359. The zero-order valence-corrected chi connectivity index (χ0v) is 17.2. The number of likely N-dealkylation sites (tertiary alicyclic amines) is 1. The van der Waals surface area contributed by atoms with Crippen molar-refractivity contribution in [3.63, 3.8) is 0 Å². The van der Waals surface area contributed by atoms with E-state index in [0.717, 1.165) is 34.5 Å². The lowest BCUT2D eigenvalue weighted by molar-refractivity contribution is 0.210. The molecule has 0 saturated carbocycles. The van der Waals surface area contributed by atoms with E-state index in [2.05, 4.69) is 58.4 Å². The molecule has 0 N–H and O–H groups in total. The van der Waals surface area contributed by atoms with Crippen LogP contribution in [0.1, 0.15) is 53.4 Å². The fourth-order valence-corrected chi connectivity index (χ4v) is 3.15. The molecule has 1 aliphatic rings. The molecule has 2 heteroatoms. The zero-order chi connectivity index (χ0) is 19.5. The molecule has 0 aromatic heterocycles. The molecule has 0 aliphatic carbocycles. The topological polar surface area (TPSA) is 15.6 Å². The van der Waals surface area contributed by atoms with Crippen LogP contribution in [0.25, 0.3) is 0 Å². The molecular weight excluding hydrogens is 316 g/mol. The summed E-state index contributed by atoms with van der Waals surface area (Å²) in [5.74, 6) is 0. The highest BCUT2D eigenvalue weighted by Crippen LogP contribution is 2.25. The first-order chi connectivity index (χ1) is 12.4. The van der Waals surface area contributed by atoms with Crippen LogP contribution in [0.3, 0.4) is 0 Å². The predicted molar refractivity (Wildman–Crippen MR) is 118 cm³/mol. The van der Waals surface area contributed by atoms with Crippen molar-refractivity contribution in [1.82, 2.24) is 4.90 Å². The monoisotopic (exact) mass is 352 g/mol. The Bertz CT molecular complexity index is 623. The highest BCUT2D eigenvalue weighted by atomic mass is 15.2. The Hall–Kier alpha value is -1.93. The van der Waals surface area contributed by atoms with Crippen molar-refractivity contribution in [3.8, 4) is 0 Å². The fourth-order valence-electron chi connectivity index (χ4n) is 3.15. The quantitative estimate of drug-likeness (QED) is 0.266. The molecule has 1 atom stereocenters. The first-order valence-electron chi connectivity index (χ1n) is 9.66. The van der Waals surface area contributed by atoms with Crippen LogP contribution in [-0.2, 0) is 0 Å². The molecule has 1 rings (SSSR count). The fraction of sp³-hybridized carbons (Fsp3) is 0.458. The minimum Gasteiger partial charge on any atom is -0.295 e. The Balaban J connectivity index is 3.23. The Labute approximate surface area is 161 Å². The van der Waals surface area contributed by atoms with Crippen LogP contribution in [-0.4, -0.2) is 29.7 Å². The molecule has 2 nitrogen and oxygen atoms in total. The van der Waals surface area contributed by atoms with Gasteiger partial charge in [0.05, 0.1) is 5.70 Å². The van der Waals surface area contributed by atoms with E-state index < -0.39 is 0 Å². The van der Waals surface area contributed by atoms with Gasteiger partial charge in [-0.1, -0.05) is 62.1 Å². The highest BCUT2D eigenvalue weighted by molar-refractivity contribution is 5.88. The van der Waals surface area contributed by atoms with E-state index in [4.69, 9.17) is 4.99 Å². The first kappa shape index (κ1) is 22.1. The van der Waals surface area contributed by atoms with E-state index in [0.29, 0.717) is 6.04 Å². The average Bonchev–Trinajstić information content (AvgIpc) is 2.64. The number of rotatable bonds is 9. The third-order valence-corrected chi connectivity index (χ3v) is 4.85. The third-order valence-electron chi connectivity index (χ3n) is 4.85. The van der Waals surface area contributed by atoms with Crippen molar-refractivity contribution in [1.29, 1.82) is 0 Å². The van der Waals surface area contributed by atoms with Crippen LogP contribution >= 0.6 is 0 Å². The van der Waals surface area contributed by atoms with Crippen LogP contribution in [0.2, 0.25) is 0 Å². The SMILES string of the molecule is C=C/C=C\C=C(/CC(=C)C)C(/N=C(\C)C(C)N1CCCCC1)=C(C)C=C. The van der Waals surface area contributed by atoms with Crippen molar-refractivity contribution in [2.24, 2.45) is 4.99 Å². The number of piperidine rings is 1. The van der Waals surface area contributed by atoms with Gasteiger partial charge < -0.3 is 0 Å². The van der Waals surface area contributed by atoms with Gasteiger partial charge in [-0.05, 0) is 71.2 Å². The van der Waals surface area contributed by atoms with Gasteiger partial charge in [0, 0.05) is 11.8 Å². The normalized spacial score (nSPS) is 19.2. The molecule has 0 bridgehead atoms. The summed E-state index contributed by atoms with van der Waals surface area (Å²) in [4.78, 5) is 7.61. The van der Waals surface area contributed by atoms with Crippen molar-refractivity contribution >= 4 is 5.71 Å². The predicted octanol–water partition coefficient (Wildman–Crippen LogP) is 6.42. The van der Waals surface area contributed by atoms with E-state index in [9.17, 15) is 0 Å². The number of nitrogens with zero attached hydrogens (tertiary/aromatic N) is 2. The van der Waals surface area contributed by atoms with Gasteiger partial charge in [0.25, 0.3) is 0 Å². The van der Waals surface area contributed by atoms with E-state index >= 15 is 0 Å². The van der Waals surface area contributed by atoms with Crippen LogP contribution in [0.4, 0.5) is 0 Å². The maximum atomic E-state index is 5.07. The first-order valence-corrected chi connectivity index (χ1v) is 9.66. The van der Waals surface area contributed by atoms with Gasteiger partial charge in [-0.15, -0.1) is 0 Å². The van der Waals surface area contributed by atoms with E-state index in [1.165, 1.54) is 32.4 Å². The van der Waals surface area contributed by atoms with E-state index in [-0.39, 0.29) is 0 Å². The van der Waals surface area contributed by atoms with Crippen molar-refractivity contribution in [2.75, 3.05) is 13.1 Å². The highest BCUT2D eigenvalue weighted by Gasteiger charge is 2.19. The Morgan fingerprint density at radius 2 is 1.73 bits per heavy atom. The van der Waals surface area contributed by atoms with Crippen molar-refractivity contribution < 1.29 is 0 Å². The van der Waals surface area contributed by atoms with Crippen LogP contribution < -0.4 is 0 Å². The molecule has 1 saturated heterocycles. The molecule has 0 aromatic rings. The Morgan fingerprint density at radius 3 is 2.27 bits per heavy atom. The van der Waals surface area contributed by atoms with Gasteiger partial charge in [-0.25, -0.2) is 0 Å². The summed E-state index contributed by atoms with van der Waals surface area (Å²) in [6.07, 6.45) is 14.5. The molecule has 0 aromatic carbocycles. The summed E-state index contributed by atoms with van der Waals surface area (Å²) in [5, 5.41) is 0. The summed E-state index contributed by atoms with van der Waals surface area (Å²) in [6, 6.07) is 0.359. The molecule has 1 fully saturated rings. The number of allylic oxidation sites excluding steroid dienone is 8. The second kappa shape index (κ2) is 11.6. The largest absolute Gasteiger partial charge is 0.295 e. The standard InChI is InChI=1S/C24H36N2/c1-8-10-12-15-23(18-19(3)4)24(20(5)9-2)25-21(6)22(7)26-16-13-11-14-17-26/h8-10,12,15,22H,1-3,11,13-14,16-18H2,4-7H3/b12-10-,23-15+,24-20?,25-21+. The molecule has 0 amide bonds. The van der Waals surface area contributed by atoms with E-state index in [1.54, 1.807) is 6.08 Å². The lowest BCUT2D eigenvalue weighted by Gasteiger charge is -2.32. The van der Waals surface area contributed by atoms with Gasteiger partial charge in [-0.3, -0.25) is 9.89 Å². The van der Waals surface area contributed by atoms with Crippen molar-refractivity contribution in [2.45, 2.75) is 59.4 Å². The molecular formula is C24H36N2. The molecule has 26 heavy (non-hydrogen) atoms. The number of aliphatic imine (C=N–C) groups is 1. The number of hydrogen-bond acceptors (Lipinski definition) is 2. The molecule has 0 spiro atoms. The van der Waals surface area contributed by atoms with E-state index in [1.807, 2.05) is 18.2 Å². The summed E-state index contributed by atoms with van der Waals surface area (Å²) in [7, 11) is 0. The van der Waals surface area contributed by atoms with Gasteiger partial charge >= 0.3 is 0 Å². The summed E-state index contributed by atoms with van der Waals surface area (Å²) in [5.41, 5.74) is 5.55. The maximum Gasteiger partial charge on any atom is 0.0693 e. The number of hydrogen-bond donors (Lipinski definition) is 0. The Kier molecular flexibility index (Phi) is 9.90. The average molecular weight is 353 g/mol. The molecule has 142 valence electrons. The molecule has 1 aliphatic heterocycles. The summed E-state index contributed by atoms with van der Waals surface area (Å²) < 4.78 is 0. The van der Waals surface area contributed by atoms with Crippen LogP contribution in [0, 0.1) is 0 Å². The second-order valence-corrected chi connectivity index (χ2v) is 7.21. The van der Waals surface area contributed by atoms with Crippen LogP contribution in [0.5, 0.6) is 0 Å². The third kappa shape index (κ3) is 7.13. The minimum absolute atomic E-state index is 0.359. The summed E-state index contributed by atoms with van der Waals surface area (Å²) >= 11 is 0. The second-order valence-electron chi connectivity index (χ2n) is 7.21. The van der Waals surface area contributed by atoms with Crippen molar-refractivity contribution in [3.05, 3.63) is 72.5 Å². The molecule has 0 radical (unpaired) electrons. The molecule has 1 heterocycles. The Morgan fingerprint density at radius 1 is 1.08 bits per heavy atom. The van der Waals surface area contributed by atoms with Gasteiger partial charge in [0.15, 0.2) is 0 Å². The van der Waals surface area contributed by atoms with Gasteiger partial charge in [0.1, 0.15) is 0 Å². The zero-order valence-electron chi connectivity index (χ0n) is 17.2. The maximum absolute atomic E-state index is 5.07. The summed E-state index contributed by atoms with van der Waals surface area (Å²) in [6.45, 7) is 22.7. The lowest BCUT2D eigenvalue weighted by atomic mass is 10.00. The lowest BCUT2D eigenvalue weighted by Crippen LogP contribution is -2.41. The van der Waals surface area contributed by atoms with Crippen LogP contribution in [0.15, 0.2) is 77.5 Å². The molecule has 1 unspecified atom stereocenters. The smallest absolute Gasteiger partial charge is 0.0693 e. The van der Waals surface area contributed by atoms with Gasteiger partial charge in [0.2, 0.25) is 0 Å².